The van der Waals surface area contributed by atoms with Crippen LogP contribution in [-0.4, -0.2) is 74.5 Å². The second-order valence-corrected chi connectivity index (χ2v) is 5.54. The highest BCUT2D eigenvalue weighted by molar-refractivity contribution is 5.59. The lowest BCUT2D eigenvalue weighted by Gasteiger charge is -2.02. The van der Waals surface area contributed by atoms with Gasteiger partial charge in [-0.25, -0.2) is 4.79 Å². The Labute approximate surface area is 150 Å². The highest BCUT2D eigenvalue weighted by Gasteiger charge is 2.27. The quantitative estimate of drug-likeness (QED) is 0.261. The largest absolute Gasteiger partial charge is 0.508 e. The summed E-state index contributed by atoms with van der Waals surface area (Å²) in [5, 5.41) is 16.7. The molecule has 2 rings (SSSR count). The van der Waals surface area contributed by atoms with Gasteiger partial charge in [0.05, 0.1) is 13.2 Å². The van der Waals surface area contributed by atoms with E-state index in [0.717, 1.165) is 32.5 Å². The molecule has 8 heteroatoms. The molecule has 0 radical (unpaired) electrons. The van der Waals surface area contributed by atoms with E-state index in [2.05, 4.69) is 6.92 Å². The normalized spacial score (nSPS) is 19.9. The van der Waals surface area contributed by atoms with Crippen molar-refractivity contribution in [1.82, 2.24) is 0 Å². The Morgan fingerprint density at radius 2 is 1.48 bits per heavy atom. The fourth-order valence-electron chi connectivity index (χ4n) is 1.47. The molecule has 0 spiro atoms. The first-order valence-electron chi connectivity index (χ1n) is 8.99. The van der Waals surface area contributed by atoms with Crippen molar-refractivity contribution in [3.63, 3.8) is 0 Å². The number of aliphatic hydroxyl groups excluding tert-OH is 1. The van der Waals surface area contributed by atoms with Gasteiger partial charge >= 0.3 is 6.16 Å². The molecule has 2 aliphatic heterocycles. The molecule has 8 nitrogen and oxygen atoms in total. The van der Waals surface area contributed by atoms with Crippen molar-refractivity contribution < 1.29 is 38.7 Å². The lowest BCUT2D eigenvalue weighted by molar-refractivity contribution is -0.0465. The van der Waals surface area contributed by atoms with Gasteiger partial charge in [0.25, 0.3) is 0 Å². The van der Waals surface area contributed by atoms with E-state index in [1.165, 1.54) is 0 Å². The van der Waals surface area contributed by atoms with Crippen molar-refractivity contribution in [3.8, 4) is 0 Å². The maximum absolute atomic E-state index is 10.8. The number of rotatable bonds is 10. The zero-order valence-corrected chi connectivity index (χ0v) is 15.6. The van der Waals surface area contributed by atoms with E-state index in [9.17, 15) is 4.79 Å². The molecule has 2 unspecified atom stereocenters. The first-order valence-corrected chi connectivity index (χ1v) is 8.99. The SMILES string of the molecule is CCCCCC(O)O.CCOCC.O=C(OCC1CO1)OCC1CO1. The van der Waals surface area contributed by atoms with Crippen LogP contribution in [0.15, 0.2) is 0 Å². The molecule has 2 saturated heterocycles. The molecule has 150 valence electrons. The summed E-state index contributed by atoms with van der Waals surface area (Å²) in [6, 6.07) is 0. The number of carbonyl (C=O) groups excluding carboxylic acids is 1. The molecule has 25 heavy (non-hydrogen) atoms. The highest BCUT2D eigenvalue weighted by atomic mass is 16.7. The first-order chi connectivity index (χ1) is 12.0. The van der Waals surface area contributed by atoms with Crippen LogP contribution in [-0.2, 0) is 23.7 Å². The fourth-order valence-corrected chi connectivity index (χ4v) is 1.47. The number of epoxide rings is 2. The number of aliphatic hydroxyl groups is 2. The minimum absolute atomic E-state index is 0.0923. The summed E-state index contributed by atoms with van der Waals surface area (Å²) in [6.45, 7) is 9.70. The van der Waals surface area contributed by atoms with E-state index in [0.29, 0.717) is 32.8 Å². The highest BCUT2D eigenvalue weighted by Crippen LogP contribution is 2.11. The summed E-state index contributed by atoms with van der Waals surface area (Å²) in [7, 11) is 0. The van der Waals surface area contributed by atoms with Gasteiger partial charge in [-0.15, -0.1) is 0 Å². The molecular formula is C17H34O8. The number of hydrogen-bond acceptors (Lipinski definition) is 8. The van der Waals surface area contributed by atoms with Gasteiger partial charge in [-0.3, -0.25) is 0 Å². The summed E-state index contributed by atoms with van der Waals surface area (Å²) in [4.78, 5) is 10.8. The maximum Gasteiger partial charge on any atom is 0.508 e. The van der Waals surface area contributed by atoms with Crippen molar-refractivity contribution in [1.29, 1.82) is 0 Å². The van der Waals surface area contributed by atoms with Crippen molar-refractivity contribution in [2.75, 3.05) is 39.6 Å². The molecule has 0 aromatic heterocycles. The molecule has 2 heterocycles. The minimum atomic E-state index is -1.10. The third kappa shape index (κ3) is 21.0. The lowest BCUT2D eigenvalue weighted by Crippen LogP contribution is -2.14. The molecule has 2 fully saturated rings. The summed E-state index contributed by atoms with van der Waals surface area (Å²) >= 11 is 0. The van der Waals surface area contributed by atoms with Crippen LogP contribution in [0.25, 0.3) is 0 Å². The molecule has 0 aliphatic carbocycles. The topological polar surface area (TPSA) is 110 Å². The smallest absolute Gasteiger partial charge is 0.431 e. The molecule has 0 aromatic carbocycles. The van der Waals surface area contributed by atoms with Crippen LogP contribution in [0.4, 0.5) is 4.79 Å². The van der Waals surface area contributed by atoms with Crippen molar-refractivity contribution in [2.45, 2.75) is 65.0 Å². The number of ether oxygens (including phenoxy) is 5. The zero-order valence-electron chi connectivity index (χ0n) is 15.6. The van der Waals surface area contributed by atoms with E-state index >= 15 is 0 Å². The zero-order chi connectivity index (χ0) is 18.9. The van der Waals surface area contributed by atoms with Crippen molar-refractivity contribution in [3.05, 3.63) is 0 Å². The molecule has 0 bridgehead atoms. The first kappa shape index (κ1) is 24.1. The van der Waals surface area contributed by atoms with Crippen LogP contribution in [0.3, 0.4) is 0 Å². The van der Waals surface area contributed by atoms with Gasteiger partial charge in [-0.1, -0.05) is 19.8 Å². The van der Waals surface area contributed by atoms with Gasteiger partial charge < -0.3 is 33.9 Å². The Kier molecular flexibility index (Phi) is 15.9. The van der Waals surface area contributed by atoms with Crippen molar-refractivity contribution >= 4 is 6.16 Å². The predicted octanol–water partition coefficient (Wildman–Crippen LogP) is 1.86. The molecule has 2 atom stereocenters. The van der Waals surface area contributed by atoms with Crippen LogP contribution < -0.4 is 0 Å². The van der Waals surface area contributed by atoms with E-state index in [4.69, 9.17) is 33.9 Å². The van der Waals surface area contributed by atoms with E-state index in [1.807, 2.05) is 13.8 Å². The van der Waals surface area contributed by atoms with Gasteiger partial charge in [0.2, 0.25) is 0 Å². The Balaban J connectivity index is 0.000000387. The van der Waals surface area contributed by atoms with E-state index < -0.39 is 12.4 Å². The number of hydrogen-bond donors (Lipinski definition) is 2. The minimum Gasteiger partial charge on any atom is -0.431 e. The molecular weight excluding hydrogens is 332 g/mol. The summed E-state index contributed by atoms with van der Waals surface area (Å²) < 4.78 is 23.9. The standard InChI is InChI=1S/C7H10O5.C6H14O2.C4H10O/c8-7(11-3-5-1-9-5)12-4-6-2-10-6;1-2-3-4-5-6(7)8;1-3-5-4-2/h5-6H,1-4H2;6-8H,2-5H2,1H3;3-4H2,1-2H3. The van der Waals surface area contributed by atoms with Gasteiger partial charge in [0.15, 0.2) is 6.29 Å². The Morgan fingerprint density at radius 1 is 1.00 bits per heavy atom. The van der Waals surface area contributed by atoms with Crippen LogP contribution in [0.2, 0.25) is 0 Å². The Hall–Kier alpha value is -0.930. The number of unbranched alkanes of at least 4 members (excludes halogenated alkanes) is 2. The average Bonchev–Trinajstić information content (AvgIpc) is 3.48. The van der Waals surface area contributed by atoms with Crippen molar-refractivity contribution in [2.24, 2.45) is 0 Å². The number of carbonyl (C=O) groups is 1. The van der Waals surface area contributed by atoms with E-state index in [-0.39, 0.29) is 12.2 Å². The van der Waals surface area contributed by atoms with Crippen LogP contribution in [0.1, 0.15) is 46.5 Å². The molecule has 2 aliphatic rings. The van der Waals surface area contributed by atoms with Crippen LogP contribution >= 0.6 is 0 Å². The Morgan fingerprint density at radius 3 is 1.76 bits per heavy atom. The summed E-state index contributed by atoms with van der Waals surface area (Å²) in [5.41, 5.74) is 0. The van der Waals surface area contributed by atoms with Gasteiger partial charge in [-0.2, -0.15) is 0 Å². The molecule has 2 N–H and O–H groups in total. The third-order valence-electron chi connectivity index (χ3n) is 3.05. The summed E-state index contributed by atoms with van der Waals surface area (Å²) in [5.74, 6) is 0. The Bertz CT molecular complexity index is 283. The summed E-state index contributed by atoms with van der Waals surface area (Å²) in [6.07, 6.45) is 2.12. The monoisotopic (exact) mass is 366 g/mol. The van der Waals surface area contributed by atoms with Gasteiger partial charge in [-0.05, 0) is 26.7 Å². The molecule has 0 saturated carbocycles. The fraction of sp³-hybridized carbons (Fsp3) is 0.941. The third-order valence-corrected chi connectivity index (χ3v) is 3.05. The van der Waals surface area contributed by atoms with Gasteiger partial charge in [0, 0.05) is 13.2 Å². The van der Waals surface area contributed by atoms with Crippen LogP contribution in [0.5, 0.6) is 0 Å². The predicted molar refractivity (Wildman–Crippen MR) is 91.3 cm³/mol. The van der Waals surface area contributed by atoms with Crippen LogP contribution in [0, 0.1) is 0 Å². The maximum atomic E-state index is 10.8. The van der Waals surface area contributed by atoms with E-state index in [1.54, 1.807) is 0 Å². The molecule has 0 amide bonds. The second kappa shape index (κ2) is 16.5. The molecule has 0 aromatic rings. The lowest BCUT2D eigenvalue weighted by atomic mass is 10.2. The average molecular weight is 366 g/mol. The van der Waals surface area contributed by atoms with Gasteiger partial charge in [0.1, 0.15) is 25.4 Å². The second-order valence-electron chi connectivity index (χ2n) is 5.54.